The fourth-order valence-corrected chi connectivity index (χ4v) is 4.43. The Morgan fingerprint density at radius 1 is 0.950 bits per heavy atom. The van der Waals surface area contributed by atoms with Crippen LogP contribution in [0.2, 0.25) is 0 Å². The molecule has 0 bridgehead atoms. The molecule has 2 aromatic heterocycles. The first-order valence-corrected chi connectivity index (χ1v) is 12.2. The fourth-order valence-electron chi connectivity index (χ4n) is 4.43. The summed E-state index contributed by atoms with van der Waals surface area (Å²) in [7, 11) is 0. The number of halogens is 6. The number of alkyl halides is 6. The molecule has 0 spiro atoms. The number of carbonyl (C=O) groups excluding carboxylic acids is 1. The molecule has 0 fully saturated rings. The van der Waals surface area contributed by atoms with Gasteiger partial charge in [0.1, 0.15) is 0 Å². The van der Waals surface area contributed by atoms with E-state index in [9.17, 15) is 36.3 Å². The third-order valence-corrected chi connectivity index (χ3v) is 6.40. The lowest BCUT2D eigenvalue weighted by Gasteiger charge is -2.21. The summed E-state index contributed by atoms with van der Waals surface area (Å²) in [5, 5.41) is 16.8. The van der Waals surface area contributed by atoms with Crippen molar-refractivity contribution in [3.63, 3.8) is 0 Å². The summed E-state index contributed by atoms with van der Waals surface area (Å²) in [6, 6.07) is 11.1. The largest absolute Gasteiger partial charge is 0.416 e. The Bertz CT molecular complexity index is 1460. The number of aromatic nitrogens is 2. The average molecular weight is 563 g/mol. The van der Waals surface area contributed by atoms with Crippen molar-refractivity contribution in [3.05, 3.63) is 101 Å². The predicted molar refractivity (Wildman–Crippen MR) is 136 cm³/mol. The molecule has 2 aromatic carbocycles. The van der Waals surface area contributed by atoms with E-state index in [0.29, 0.717) is 17.7 Å². The number of aromatic amines is 1. The molecule has 1 unspecified atom stereocenters. The summed E-state index contributed by atoms with van der Waals surface area (Å²) in [6.45, 7) is 0. The van der Waals surface area contributed by atoms with Gasteiger partial charge in [0.15, 0.2) is 0 Å². The number of nitrogens with one attached hydrogen (secondary N) is 2. The molecule has 40 heavy (non-hydrogen) atoms. The second-order valence-electron chi connectivity index (χ2n) is 9.22. The number of pyridine rings is 1. The minimum absolute atomic E-state index is 0.000620. The van der Waals surface area contributed by atoms with Gasteiger partial charge in [0.25, 0.3) is 0 Å². The third-order valence-electron chi connectivity index (χ3n) is 6.40. The van der Waals surface area contributed by atoms with Gasteiger partial charge in [-0.3, -0.25) is 9.78 Å². The van der Waals surface area contributed by atoms with Crippen LogP contribution >= 0.6 is 0 Å². The maximum Gasteiger partial charge on any atom is 0.416 e. The Kier molecular flexibility index (Phi) is 8.46. The maximum absolute atomic E-state index is 13.3. The van der Waals surface area contributed by atoms with Crippen LogP contribution in [-0.4, -0.2) is 32.8 Å². The highest BCUT2D eigenvalue weighted by molar-refractivity contribution is 5.94. The van der Waals surface area contributed by atoms with Crippen LogP contribution in [0.1, 0.15) is 34.2 Å². The molecule has 3 N–H and O–H groups in total. The third kappa shape index (κ3) is 7.19. The van der Waals surface area contributed by atoms with E-state index in [0.717, 1.165) is 16.5 Å². The lowest BCUT2D eigenvalue weighted by molar-refractivity contribution is -0.143. The summed E-state index contributed by atoms with van der Waals surface area (Å²) < 4.78 is 79.8. The number of benzene rings is 2. The van der Waals surface area contributed by atoms with Crippen LogP contribution in [0.4, 0.5) is 26.3 Å². The highest BCUT2D eigenvalue weighted by Crippen LogP contribution is 2.36. The average Bonchev–Trinajstić information content (AvgIpc) is 3.31. The summed E-state index contributed by atoms with van der Waals surface area (Å²) in [6.07, 6.45) is -5.56. The monoisotopic (exact) mass is 562 g/mol. The Morgan fingerprint density at radius 2 is 1.60 bits per heavy atom. The fraction of sp³-hybridized carbons (Fsp3) is 0.250. The number of aryl methyl sites for hydroxylation is 1. The molecule has 210 valence electrons. The second-order valence-corrected chi connectivity index (χ2v) is 9.22. The zero-order valence-corrected chi connectivity index (χ0v) is 20.9. The minimum atomic E-state index is -4.98. The summed E-state index contributed by atoms with van der Waals surface area (Å²) >= 11 is 0. The molecule has 0 aliphatic heterocycles. The lowest BCUT2D eigenvalue weighted by atomic mass is 9.95. The quantitative estimate of drug-likeness (QED) is 0.0964. The van der Waals surface area contributed by atoms with Crippen LogP contribution in [0.25, 0.3) is 10.9 Å². The van der Waals surface area contributed by atoms with Crippen LogP contribution in [0.5, 0.6) is 0 Å². The molecule has 4 rings (SSSR count). The van der Waals surface area contributed by atoms with Gasteiger partial charge in [0.05, 0.1) is 29.3 Å². The van der Waals surface area contributed by atoms with Crippen LogP contribution in [-0.2, 0) is 36.4 Å². The Morgan fingerprint density at radius 3 is 2.23 bits per heavy atom. The predicted octanol–water partition coefficient (Wildman–Crippen LogP) is 6.33. The first kappa shape index (κ1) is 28.7. The SMILES string of the molecule is O=C(Cc1ccncc1)NC(Cc1c[nH]c2ccccc12)C(CCc1cc(C(F)(F)F)cc(C(F)(F)F)c1)=NO. The number of hydrogen-bond acceptors (Lipinski definition) is 4. The van der Waals surface area contributed by atoms with Gasteiger partial charge < -0.3 is 15.5 Å². The number of nitrogens with zero attached hydrogens (tertiary/aromatic N) is 2. The van der Waals surface area contributed by atoms with Gasteiger partial charge in [-0.05, 0) is 65.9 Å². The molecule has 0 saturated carbocycles. The Hall–Kier alpha value is -4.35. The molecular weight excluding hydrogens is 538 g/mol. The summed E-state index contributed by atoms with van der Waals surface area (Å²) in [4.78, 5) is 19.9. The van der Waals surface area contributed by atoms with Crippen LogP contribution in [0, 0.1) is 0 Å². The number of H-pyrrole nitrogens is 1. The highest BCUT2D eigenvalue weighted by Gasteiger charge is 2.37. The van der Waals surface area contributed by atoms with E-state index < -0.39 is 35.4 Å². The topological polar surface area (TPSA) is 90.4 Å². The molecule has 12 heteroatoms. The van der Waals surface area contributed by atoms with Gasteiger partial charge in [-0.2, -0.15) is 26.3 Å². The van der Waals surface area contributed by atoms with Crippen molar-refractivity contribution in [2.45, 2.75) is 44.1 Å². The number of para-hydroxylation sites is 1. The minimum Gasteiger partial charge on any atom is -0.411 e. The molecule has 0 saturated heterocycles. The summed E-state index contributed by atoms with van der Waals surface area (Å²) in [5.74, 6) is -0.421. The van der Waals surface area contributed by atoms with E-state index in [1.807, 2.05) is 24.3 Å². The number of carbonyl (C=O) groups is 1. The molecule has 1 atom stereocenters. The van der Waals surface area contributed by atoms with E-state index in [1.165, 1.54) is 12.4 Å². The second kappa shape index (κ2) is 11.8. The number of oxime groups is 1. The Balaban J connectivity index is 1.60. The van der Waals surface area contributed by atoms with Crippen molar-refractivity contribution in [2.75, 3.05) is 0 Å². The van der Waals surface area contributed by atoms with E-state index in [-0.39, 0.29) is 43.0 Å². The van der Waals surface area contributed by atoms with Crippen molar-refractivity contribution in [1.82, 2.24) is 15.3 Å². The van der Waals surface area contributed by atoms with Gasteiger partial charge in [-0.1, -0.05) is 23.4 Å². The molecule has 2 heterocycles. The van der Waals surface area contributed by atoms with E-state index >= 15 is 0 Å². The Labute approximate surface area is 224 Å². The molecule has 0 aliphatic rings. The van der Waals surface area contributed by atoms with Crippen LogP contribution in [0.15, 0.2) is 78.3 Å². The van der Waals surface area contributed by atoms with Crippen molar-refractivity contribution in [2.24, 2.45) is 5.16 Å². The van der Waals surface area contributed by atoms with E-state index in [4.69, 9.17) is 0 Å². The zero-order chi connectivity index (χ0) is 28.9. The number of amides is 1. The number of fused-ring (bicyclic) bond motifs is 1. The normalized spacial score (nSPS) is 13.4. The molecule has 1 amide bonds. The first-order chi connectivity index (χ1) is 18.9. The molecule has 0 aliphatic carbocycles. The van der Waals surface area contributed by atoms with E-state index in [1.54, 1.807) is 18.3 Å². The number of rotatable bonds is 9. The molecule has 6 nitrogen and oxygen atoms in total. The maximum atomic E-state index is 13.3. The van der Waals surface area contributed by atoms with Gasteiger partial charge in [-0.25, -0.2) is 0 Å². The zero-order valence-electron chi connectivity index (χ0n) is 20.9. The molecule has 4 aromatic rings. The van der Waals surface area contributed by atoms with E-state index in [2.05, 4.69) is 20.4 Å². The summed E-state index contributed by atoms with van der Waals surface area (Å²) in [5.41, 5.74) is -0.836. The molecular formula is C28H24F6N4O2. The van der Waals surface area contributed by atoms with Crippen molar-refractivity contribution >= 4 is 22.5 Å². The lowest BCUT2D eigenvalue weighted by Crippen LogP contribution is -2.43. The van der Waals surface area contributed by atoms with Gasteiger partial charge in [-0.15, -0.1) is 0 Å². The smallest absolute Gasteiger partial charge is 0.411 e. The van der Waals surface area contributed by atoms with Crippen molar-refractivity contribution < 1.29 is 36.3 Å². The van der Waals surface area contributed by atoms with Crippen LogP contribution < -0.4 is 5.32 Å². The van der Waals surface area contributed by atoms with Gasteiger partial charge in [0.2, 0.25) is 5.91 Å². The van der Waals surface area contributed by atoms with Crippen molar-refractivity contribution in [3.8, 4) is 0 Å². The van der Waals surface area contributed by atoms with Gasteiger partial charge in [0, 0.05) is 35.9 Å². The van der Waals surface area contributed by atoms with Crippen LogP contribution in [0.3, 0.4) is 0 Å². The van der Waals surface area contributed by atoms with Crippen molar-refractivity contribution in [1.29, 1.82) is 0 Å². The molecule has 0 radical (unpaired) electrons. The standard InChI is InChI=1S/C28H24F6N4O2/c29-27(30,31)20-11-18(12-21(15-20)28(32,33)34)5-6-24(38-40)25(37-26(39)13-17-7-9-35-10-8-17)14-19-16-36-23-4-2-1-3-22(19)23/h1-4,7-12,15-16,25,36,40H,5-6,13-14H2,(H,37,39). The number of hydrogen-bond donors (Lipinski definition) is 3. The van der Waals surface area contributed by atoms with Gasteiger partial charge >= 0.3 is 12.4 Å². The highest BCUT2D eigenvalue weighted by atomic mass is 19.4. The first-order valence-electron chi connectivity index (χ1n) is 12.2.